The van der Waals surface area contributed by atoms with Gasteiger partial charge in [-0.2, -0.15) is 0 Å². The molecule has 2 aromatic carbocycles. The van der Waals surface area contributed by atoms with Crippen LogP contribution >= 0.6 is 0 Å². The van der Waals surface area contributed by atoms with Crippen LogP contribution in [0.4, 0.5) is 0 Å². The van der Waals surface area contributed by atoms with Gasteiger partial charge in [0.05, 0.1) is 12.2 Å². The maximum atomic E-state index is 13.1. The van der Waals surface area contributed by atoms with Gasteiger partial charge >= 0.3 is 0 Å². The summed E-state index contributed by atoms with van der Waals surface area (Å²) in [7, 11) is 1.91. The van der Waals surface area contributed by atoms with Crippen molar-refractivity contribution in [2.24, 2.45) is 0 Å². The largest absolute Gasteiger partial charge is 0.493 e. The van der Waals surface area contributed by atoms with Gasteiger partial charge in [0.15, 0.2) is 0 Å². The number of carbonyl (C=O) groups is 1. The van der Waals surface area contributed by atoms with Crippen molar-refractivity contribution >= 4 is 5.91 Å². The molecule has 5 nitrogen and oxygen atoms in total. The van der Waals surface area contributed by atoms with E-state index in [2.05, 4.69) is 23.5 Å². The molecule has 0 radical (unpaired) electrons. The zero-order valence-electron chi connectivity index (χ0n) is 17.3. The summed E-state index contributed by atoms with van der Waals surface area (Å²) in [6.45, 7) is 4.17. The van der Waals surface area contributed by atoms with Crippen LogP contribution < -0.4 is 14.8 Å². The molecule has 1 aliphatic heterocycles. The number of nitrogens with one attached hydrogen (secondary N) is 1. The van der Waals surface area contributed by atoms with Crippen molar-refractivity contribution in [1.82, 2.24) is 10.2 Å². The second kappa shape index (κ2) is 8.46. The molecule has 0 aromatic heterocycles. The van der Waals surface area contributed by atoms with E-state index in [1.54, 1.807) is 0 Å². The third-order valence-electron chi connectivity index (χ3n) is 6.21. The van der Waals surface area contributed by atoms with Crippen LogP contribution in [0.15, 0.2) is 48.5 Å². The van der Waals surface area contributed by atoms with Crippen molar-refractivity contribution in [3.05, 3.63) is 59.7 Å². The van der Waals surface area contributed by atoms with E-state index in [1.165, 1.54) is 5.56 Å². The molecule has 1 N–H and O–H groups in total. The van der Waals surface area contributed by atoms with Crippen LogP contribution in [0.3, 0.4) is 0 Å². The second-order valence-electron chi connectivity index (χ2n) is 8.07. The van der Waals surface area contributed by atoms with E-state index in [4.69, 9.17) is 9.47 Å². The maximum absolute atomic E-state index is 13.1. The van der Waals surface area contributed by atoms with Crippen molar-refractivity contribution < 1.29 is 14.3 Å². The smallest absolute Gasteiger partial charge is 0.257 e. The van der Waals surface area contributed by atoms with Gasteiger partial charge in [0.2, 0.25) is 0 Å². The highest BCUT2D eigenvalue weighted by Gasteiger charge is 2.40. The highest BCUT2D eigenvalue weighted by atomic mass is 16.5. The van der Waals surface area contributed by atoms with Gasteiger partial charge in [0.1, 0.15) is 17.1 Å². The van der Waals surface area contributed by atoms with Crippen molar-refractivity contribution in [2.45, 2.75) is 50.8 Å². The van der Waals surface area contributed by atoms with Gasteiger partial charge in [0.25, 0.3) is 5.91 Å². The molecule has 5 heteroatoms. The average Bonchev–Trinajstić information content (AvgIpc) is 2.93. The topological polar surface area (TPSA) is 50.8 Å². The highest BCUT2D eigenvalue weighted by molar-refractivity contribution is 5.97. The first-order valence-electron chi connectivity index (χ1n) is 10.6. The Kier molecular flexibility index (Phi) is 5.76. The van der Waals surface area contributed by atoms with E-state index in [1.807, 2.05) is 49.2 Å². The number of hydrogen-bond acceptors (Lipinski definition) is 4. The fraction of sp³-hybridized carbons (Fsp3) is 0.458. The second-order valence-corrected chi connectivity index (χ2v) is 8.07. The predicted octanol–water partition coefficient (Wildman–Crippen LogP) is 4.02. The van der Waals surface area contributed by atoms with Gasteiger partial charge in [-0.05, 0) is 50.8 Å². The zero-order chi connectivity index (χ0) is 20.3. The molecule has 1 saturated carbocycles. The van der Waals surface area contributed by atoms with E-state index in [-0.39, 0.29) is 17.6 Å². The minimum absolute atomic E-state index is 0.0280. The maximum Gasteiger partial charge on any atom is 0.257 e. The number of ether oxygens (including phenoxy) is 2. The summed E-state index contributed by atoms with van der Waals surface area (Å²) in [4.78, 5) is 15.0. The first-order chi connectivity index (χ1) is 14.1. The standard InChI is InChI=1S/C24H30N2O3/c1-3-28-22-11-7-5-9-20(22)23(27)26(2)19-12-14-24(15-13-19)17-25-16-18-8-4-6-10-21(18)29-24/h4-11,19,25H,3,12-17H2,1-2H3. The third kappa shape index (κ3) is 4.10. The van der Waals surface area contributed by atoms with Crippen LogP contribution in [0.25, 0.3) is 0 Å². The van der Waals surface area contributed by atoms with E-state index >= 15 is 0 Å². The molecule has 1 aliphatic carbocycles. The fourth-order valence-corrected chi connectivity index (χ4v) is 4.52. The summed E-state index contributed by atoms with van der Waals surface area (Å²) >= 11 is 0. The lowest BCUT2D eigenvalue weighted by atomic mass is 9.81. The number of para-hydroxylation sites is 2. The van der Waals surface area contributed by atoms with Crippen LogP contribution in [0, 0.1) is 0 Å². The van der Waals surface area contributed by atoms with Gasteiger partial charge in [-0.3, -0.25) is 4.79 Å². The van der Waals surface area contributed by atoms with Crippen molar-refractivity contribution in [3.8, 4) is 11.5 Å². The minimum Gasteiger partial charge on any atom is -0.493 e. The van der Waals surface area contributed by atoms with Crippen molar-refractivity contribution in [3.63, 3.8) is 0 Å². The molecule has 2 aromatic rings. The zero-order valence-corrected chi connectivity index (χ0v) is 17.3. The SMILES string of the molecule is CCOc1ccccc1C(=O)N(C)C1CCC2(CC1)CNCc1ccccc1O2. The molecule has 0 bridgehead atoms. The number of fused-ring (bicyclic) bond motifs is 1. The predicted molar refractivity (Wildman–Crippen MR) is 113 cm³/mol. The Labute approximate surface area is 173 Å². The number of rotatable bonds is 4. The van der Waals surface area contributed by atoms with Gasteiger partial charge in [-0.15, -0.1) is 0 Å². The summed E-state index contributed by atoms with van der Waals surface area (Å²) in [5.74, 6) is 1.68. The Morgan fingerprint density at radius 2 is 1.90 bits per heavy atom. The lowest BCUT2D eigenvalue weighted by Crippen LogP contribution is -2.51. The molecule has 1 spiro atoms. The van der Waals surface area contributed by atoms with Crippen LogP contribution in [-0.2, 0) is 6.54 Å². The molecule has 0 saturated heterocycles. The number of hydrogen-bond donors (Lipinski definition) is 1. The fourth-order valence-electron chi connectivity index (χ4n) is 4.52. The molecule has 0 atom stereocenters. The van der Waals surface area contributed by atoms with E-state index in [9.17, 15) is 4.79 Å². The average molecular weight is 395 g/mol. The lowest BCUT2D eigenvalue weighted by Gasteiger charge is -2.42. The van der Waals surface area contributed by atoms with Crippen molar-refractivity contribution in [2.75, 3.05) is 20.2 Å². The Hall–Kier alpha value is -2.53. The van der Waals surface area contributed by atoms with Gasteiger partial charge in [-0.1, -0.05) is 30.3 Å². The molecule has 1 amide bonds. The Morgan fingerprint density at radius 3 is 2.69 bits per heavy atom. The van der Waals surface area contributed by atoms with E-state index in [0.29, 0.717) is 17.9 Å². The first kappa shape index (κ1) is 19.8. The normalized spacial score (nSPS) is 23.6. The monoisotopic (exact) mass is 394 g/mol. The third-order valence-corrected chi connectivity index (χ3v) is 6.21. The van der Waals surface area contributed by atoms with Crippen LogP contribution in [-0.4, -0.2) is 42.6 Å². The van der Waals surface area contributed by atoms with Crippen LogP contribution in [0.1, 0.15) is 48.5 Å². The number of amides is 1. The summed E-state index contributed by atoms with van der Waals surface area (Å²) in [5.41, 5.74) is 1.67. The molecule has 154 valence electrons. The number of benzene rings is 2. The summed E-state index contributed by atoms with van der Waals surface area (Å²) in [6.07, 6.45) is 3.74. The Balaban J connectivity index is 1.44. The Morgan fingerprint density at radius 1 is 1.17 bits per heavy atom. The summed E-state index contributed by atoms with van der Waals surface area (Å²) < 4.78 is 12.2. The molecule has 0 unspecified atom stereocenters. The number of nitrogens with zero attached hydrogens (tertiary/aromatic N) is 1. The molecule has 1 heterocycles. The van der Waals surface area contributed by atoms with Crippen LogP contribution in [0.5, 0.6) is 11.5 Å². The summed E-state index contributed by atoms with van der Waals surface area (Å²) in [6, 6.07) is 16.0. The molecule has 1 fully saturated rings. The van der Waals surface area contributed by atoms with E-state index in [0.717, 1.165) is 44.5 Å². The quantitative estimate of drug-likeness (QED) is 0.851. The summed E-state index contributed by atoms with van der Waals surface area (Å²) in [5, 5.41) is 3.56. The highest BCUT2D eigenvalue weighted by Crippen LogP contribution is 2.37. The lowest BCUT2D eigenvalue weighted by molar-refractivity contribution is 0.0101. The van der Waals surface area contributed by atoms with Gasteiger partial charge < -0.3 is 19.7 Å². The van der Waals surface area contributed by atoms with E-state index < -0.39 is 0 Å². The Bertz CT molecular complexity index is 859. The molecule has 29 heavy (non-hydrogen) atoms. The molecule has 4 rings (SSSR count). The first-order valence-corrected chi connectivity index (χ1v) is 10.6. The molecular weight excluding hydrogens is 364 g/mol. The van der Waals surface area contributed by atoms with Crippen molar-refractivity contribution in [1.29, 1.82) is 0 Å². The minimum atomic E-state index is -0.184. The van der Waals surface area contributed by atoms with Crippen LogP contribution in [0.2, 0.25) is 0 Å². The van der Waals surface area contributed by atoms with Gasteiger partial charge in [0, 0.05) is 31.7 Å². The number of carbonyl (C=O) groups excluding carboxylic acids is 1. The molecule has 2 aliphatic rings. The van der Waals surface area contributed by atoms with Gasteiger partial charge in [-0.25, -0.2) is 0 Å². The molecular formula is C24H30N2O3.